The number of aryl methyl sites for hydroxylation is 2. The van der Waals surface area contributed by atoms with Gasteiger partial charge in [-0.25, -0.2) is 4.98 Å². The summed E-state index contributed by atoms with van der Waals surface area (Å²) < 4.78 is 7.36. The van der Waals surface area contributed by atoms with Crippen molar-refractivity contribution in [1.29, 1.82) is 0 Å². The van der Waals surface area contributed by atoms with Gasteiger partial charge < -0.3 is 4.74 Å². The molecule has 0 unspecified atom stereocenters. The summed E-state index contributed by atoms with van der Waals surface area (Å²) in [5.74, 6) is 0.723. The maximum atomic E-state index is 11.7. The largest absolute Gasteiger partial charge is 0.496 e. The van der Waals surface area contributed by atoms with Crippen molar-refractivity contribution in [1.82, 2.24) is 9.38 Å². The molecular weight excluding hydrogens is 284 g/mol. The van der Waals surface area contributed by atoms with Gasteiger partial charge in [-0.05, 0) is 25.5 Å². The van der Waals surface area contributed by atoms with E-state index in [1.54, 1.807) is 18.4 Å². The lowest BCUT2D eigenvalue weighted by Gasteiger charge is -2.06. The van der Waals surface area contributed by atoms with Crippen molar-refractivity contribution in [2.75, 3.05) is 7.11 Å². The number of benzene rings is 1. The summed E-state index contributed by atoms with van der Waals surface area (Å²) >= 11 is 1.61. The number of rotatable bonds is 4. The quantitative estimate of drug-likeness (QED) is 0.689. The molecule has 0 spiro atoms. The van der Waals surface area contributed by atoms with Crippen LogP contribution in [0, 0.1) is 6.92 Å². The van der Waals surface area contributed by atoms with Crippen LogP contribution in [0.25, 0.3) is 16.2 Å². The van der Waals surface area contributed by atoms with Crippen molar-refractivity contribution in [3.8, 4) is 17.0 Å². The Labute approximate surface area is 127 Å². The minimum atomic E-state index is 0.593. The molecule has 3 aromatic rings. The van der Waals surface area contributed by atoms with Gasteiger partial charge in [0.25, 0.3) is 0 Å². The van der Waals surface area contributed by atoms with Gasteiger partial charge in [-0.3, -0.25) is 9.20 Å². The van der Waals surface area contributed by atoms with Gasteiger partial charge in [-0.2, -0.15) is 0 Å². The number of methoxy groups -OCH3 is 1. The lowest BCUT2D eigenvalue weighted by molar-refractivity contribution is 0.111. The van der Waals surface area contributed by atoms with Crippen LogP contribution in [0.5, 0.6) is 5.75 Å². The summed E-state index contributed by atoms with van der Waals surface area (Å²) in [5, 5.41) is 0. The Balaban J connectivity index is 2.33. The average Bonchev–Trinajstić information content (AvgIpc) is 3.00. The molecule has 108 valence electrons. The summed E-state index contributed by atoms with van der Waals surface area (Å²) in [7, 11) is 1.62. The lowest BCUT2D eigenvalue weighted by Crippen LogP contribution is -1.98. The third-order valence-corrected chi connectivity index (χ3v) is 4.61. The molecule has 2 heterocycles. The van der Waals surface area contributed by atoms with Crippen molar-refractivity contribution in [3.63, 3.8) is 0 Å². The number of hydrogen-bond acceptors (Lipinski definition) is 4. The van der Waals surface area contributed by atoms with Gasteiger partial charge >= 0.3 is 0 Å². The van der Waals surface area contributed by atoms with E-state index in [-0.39, 0.29) is 0 Å². The molecule has 0 amide bonds. The fraction of sp³-hybridized carbons (Fsp3) is 0.250. The van der Waals surface area contributed by atoms with Gasteiger partial charge in [-0.1, -0.05) is 19.1 Å². The van der Waals surface area contributed by atoms with Crippen LogP contribution in [0.3, 0.4) is 0 Å². The van der Waals surface area contributed by atoms with Gasteiger partial charge in [-0.15, -0.1) is 11.3 Å². The van der Waals surface area contributed by atoms with E-state index >= 15 is 0 Å². The molecule has 3 rings (SSSR count). The van der Waals surface area contributed by atoms with Crippen molar-refractivity contribution < 1.29 is 9.53 Å². The predicted octanol–water partition coefficient (Wildman–Crippen LogP) is 3.75. The molecule has 1 aromatic carbocycles. The molecule has 5 heteroatoms. The fourth-order valence-corrected chi connectivity index (χ4v) is 3.71. The SMILES string of the molecule is CCc1c(C)sc2nc(-c3ccccc3OC)c(C=O)n12. The van der Waals surface area contributed by atoms with Gasteiger partial charge in [0.05, 0.1) is 7.11 Å². The predicted molar refractivity (Wildman–Crippen MR) is 84.6 cm³/mol. The first-order chi connectivity index (χ1) is 10.2. The summed E-state index contributed by atoms with van der Waals surface area (Å²) in [6, 6.07) is 7.63. The van der Waals surface area contributed by atoms with E-state index in [1.807, 2.05) is 28.7 Å². The minimum Gasteiger partial charge on any atom is -0.496 e. The second kappa shape index (κ2) is 5.33. The zero-order valence-corrected chi connectivity index (χ0v) is 13.0. The molecule has 0 bridgehead atoms. The minimum absolute atomic E-state index is 0.593. The number of ether oxygens (including phenoxy) is 1. The number of thiazole rings is 1. The second-order valence-electron chi connectivity index (χ2n) is 4.74. The number of aromatic nitrogens is 2. The first-order valence-electron chi connectivity index (χ1n) is 6.80. The Bertz CT molecular complexity index is 817. The highest BCUT2D eigenvalue weighted by atomic mass is 32.1. The number of nitrogens with zero attached hydrogens (tertiary/aromatic N) is 2. The smallest absolute Gasteiger partial charge is 0.195 e. The van der Waals surface area contributed by atoms with Crippen molar-refractivity contribution >= 4 is 22.6 Å². The van der Waals surface area contributed by atoms with Crippen LogP contribution in [0.15, 0.2) is 24.3 Å². The lowest BCUT2D eigenvalue weighted by atomic mass is 10.1. The second-order valence-corrected chi connectivity index (χ2v) is 5.92. The molecule has 0 aliphatic rings. The number of carbonyl (C=O) groups is 1. The van der Waals surface area contributed by atoms with Crippen LogP contribution < -0.4 is 4.74 Å². The number of aldehydes is 1. The zero-order valence-electron chi connectivity index (χ0n) is 12.2. The van der Waals surface area contributed by atoms with Crippen LogP contribution in [-0.4, -0.2) is 22.8 Å². The molecule has 0 atom stereocenters. The third-order valence-electron chi connectivity index (χ3n) is 3.61. The summed E-state index contributed by atoms with van der Waals surface area (Å²) in [4.78, 5) is 18.4. The van der Waals surface area contributed by atoms with Crippen LogP contribution in [0.1, 0.15) is 28.0 Å². The van der Waals surface area contributed by atoms with E-state index < -0.39 is 0 Å². The van der Waals surface area contributed by atoms with Crippen LogP contribution >= 0.6 is 11.3 Å². The van der Waals surface area contributed by atoms with Crippen molar-refractivity contribution in [2.24, 2.45) is 0 Å². The van der Waals surface area contributed by atoms with E-state index in [0.29, 0.717) is 11.4 Å². The topological polar surface area (TPSA) is 43.6 Å². The number of para-hydroxylation sites is 1. The van der Waals surface area contributed by atoms with Crippen LogP contribution in [-0.2, 0) is 6.42 Å². The number of fused-ring (bicyclic) bond motifs is 1. The van der Waals surface area contributed by atoms with E-state index in [4.69, 9.17) is 4.74 Å². The molecular formula is C16H16N2O2S. The van der Waals surface area contributed by atoms with Gasteiger partial charge in [0, 0.05) is 16.1 Å². The molecule has 0 radical (unpaired) electrons. The normalized spacial score (nSPS) is 11.0. The van der Waals surface area contributed by atoms with Gasteiger partial charge in [0.1, 0.15) is 17.1 Å². The Morgan fingerprint density at radius 1 is 1.38 bits per heavy atom. The summed E-state index contributed by atoms with van der Waals surface area (Å²) in [6.45, 7) is 4.15. The molecule has 4 nitrogen and oxygen atoms in total. The van der Waals surface area contributed by atoms with Crippen LogP contribution in [0.4, 0.5) is 0 Å². The maximum Gasteiger partial charge on any atom is 0.195 e. The molecule has 0 aliphatic carbocycles. The molecule has 0 saturated carbocycles. The highest BCUT2D eigenvalue weighted by Crippen LogP contribution is 2.34. The van der Waals surface area contributed by atoms with Gasteiger partial charge in [0.15, 0.2) is 11.2 Å². The maximum absolute atomic E-state index is 11.7. The van der Waals surface area contributed by atoms with E-state index in [9.17, 15) is 4.79 Å². The molecule has 21 heavy (non-hydrogen) atoms. The first kappa shape index (κ1) is 13.8. The zero-order chi connectivity index (χ0) is 15.0. The van der Waals surface area contributed by atoms with Crippen molar-refractivity contribution in [3.05, 3.63) is 40.5 Å². The molecule has 0 aliphatic heterocycles. The van der Waals surface area contributed by atoms with Gasteiger partial charge in [0.2, 0.25) is 0 Å². The standard InChI is InChI=1S/C16H16N2O2S/c1-4-12-10(2)21-16-17-15(13(9-19)18(12)16)11-7-5-6-8-14(11)20-3/h5-9H,4H2,1-3H3. The molecule has 0 N–H and O–H groups in total. The van der Waals surface area contributed by atoms with E-state index in [0.717, 1.165) is 34.7 Å². The van der Waals surface area contributed by atoms with Crippen molar-refractivity contribution in [2.45, 2.75) is 20.3 Å². The number of imidazole rings is 1. The highest BCUT2D eigenvalue weighted by Gasteiger charge is 2.20. The first-order valence-corrected chi connectivity index (χ1v) is 7.62. The molecule has 0 fully saturated rings. The van der Waals surface area contributed by atoms with Crippen LogP contribution in [0.2, 0.25) is 0 Å². The van der Waals surface area contributed by atoms with E-state index in [2.05, 4.69) is 18.8 Å². The Morgan fingerprint density at radius 3 is 2.81 bits per heavy atom. The Morgan fingerprint density at radius 2 is 2.14 bits per heavy atom. The average molecular weight is 300 g/mol. The molecule has 0 saturated heterocycles. The van der Waals surface area contributed by atoms with E-state index in [1.165, 1.54) is 4.88 Å². The summed E-state index contributed by atoms with van der Waals surface area (Å²) in [6.07, 6.45) is 1.75. The number of hydrogen-bond donors (Lipinski definition) is 0. The monoisotopic (exact) mass is 300 g/mol. The Hall–Kier alpha value is -2.14. The Kier molecular flexibility index (Phi) is 3.51. The fourth-order valence-electron chi connectivity index (χ4n) is 2.65. The highest BCUT2D eigenvalue weighted by molar-refractivity contribution is 7.17. The third kappa shape index (κ3) is 2.05. The molecule has 2 aromatic heterocycles. The number of carbonyl (C=O) groups excluding carboxylic acids is 1. The summed E-state index contributed by atoms with van der Waals surface area (Å²) in [5.41, 5.74) is 3.27.